The molecule has 5 nitrogen and oxygen atoms in total. The van der Waals surface area contributed by atoms with Crippen LogP contribution in [0.4, 0.5) is 0 Å². The van der Waals surface area contributed by atoms with Gasteiger partial charge in [0, 0.05) is 17.9 Å². The third-order valence-corrected chi connectivity index (χ3v) is 6.77. The van der Waals surface area contributed by atoms with Crippen molar-refractivity contribution in [3.8, 4) is 0 Å². The number of carbonyl (C=O) groups is 2. The lowest BCUT2D eigenvalue weighted by Gasteiger charge is -2.57. The first-order valence-corrected chi connectivity index (χ1v) is 7.90. The highest BCUT2D eigenvalue weighted by Gasteiger charge is 2.80. The maximum atomic E-state index is 12.6. The molecule has 2 saturated carbocycles. The van der Waals surface area contributed by atoms with Crippen molar-refractivity contribution in [2.24, 2.45) is 17.3 Å². The van der Waals surface area contributed by atoms with E-state index in [2.05, 4.69) is 5.32 Å². The summed E-state index contributed by atoms with van der Waals surface area (Å²) < 4.78 is 11.6. The van der Waals surface area contributed by atoms with Crippen LogP contribution in [0, 0.1) is 17.3 Å². The number of hydrogen-bond donors (Lipinski definition) is 1. The molecule has 1 N–H and O–H groups in total. The SMILES string of the molecule is C[C@@]12C[C@]34NCCC[C@@H]3[C@@H](CC1[C@]41C=CC(=O)O1)OC2=O. The molecule has 21 heavy (non-hydrogen) atoms. The molecule has 0 radical (unpaired) electrons. The fourth-order valence-electron chi connectivity index (χ4n) is 6.06. The number of hydrogen-bond acceptors (Lipinski definition) is 5. The Hall–Kier alpha value is -1.36. The van der Waals surface area contributed by atoms with Gasteiger partial charge in [-0.2, -0.15) is 0 Å². The molecule has 5 aliphatic rings. The van der Waals surface area contributed by atoms with Gasteiger partial charge in [-0.25, -0.2) is 4.79 Å². The Balaban J connectivity index is 1.77. The molecular formula is C16H19NO4. The van der Waals surface area contributed by atoms with Crippen LogP contribution in [0.5, 0.6) is 0 Å². The predicted octanol–water partition coefficient (Wildman–Crippen LogP) is 0.932. The first-order chi connectivity index (χ1) is 10.0. The van der Waals surface area contributed by atoms with Crippen molar-refractivity contribution in [3.05, 3.63) is 12.2 Å². The average Bonchev–Trinajstić information content (AvgIpc) is 2.86. The van der Waals surface area contributed by atoms with Crippen molar-refractivity contribution >= 4 is 11.9 Å². The highest BCUT2D eigenvalue weighted by Crippen LogP contribution is 2.69. The molecule has 112 valence electrons. The highest BCUT2D eigenvalue weighted by atomic mass is 16.6. The van der Waals surface area contributed by atoms with Crippen LogP contribution >= 0.6 is 0 Å². The van der Waals surface area contributed by atoms with E-state index in [1.807, 2.05) is 13.0 Å². The third-order valence-electron chi connectivity index (χ3n) is 6.77. The van der Waals surface area contributed by atoms with Gasteiger partial charge in [-0.05, 0) is 45.2 Å². The minimum Gasteiger partial charge on any atom is -0.462 e. The zero-order valence-electron chi connectivity index (χ0n) is 12.1. The second kappa shape index (κ2) is 3.35. The Kier molecular flexibility index (Phi) is 1.95. The topological polar surface area (TPSA) is 64.6 Å². The van der Waals surface area contributed by atoms with Crippen molar-refractivity contribution in [2.45, 2.75) is 49.9 Å². The van der Waals surface area contributed by atoms with Crippen molar-refractivity contribution in [1.82, 2.24) is 5.32 Å². The van der Waals surface area contributed by atoms with Crippen molar-refractivity contribution < 1.29 is 19.1 Å². The summed E-state index contributed by atoms with van der Waals surface area (Å²) in [4.78, 5) is 24.4. The molecule has 0 aromatic heterocycles. The Morgan fingerprint density at radius 1 is 1.38 bits per heavy atom. The number of rotatable bonds is 0. The van der Waals surface area contributed by atoms with E-state index < -0.39 is 11.0 Å². The van der Waals surface area contributed by atoms with Gasteiger partial charge < -0.3 is 14.8 Å². The van der Waals surface area contributed by atoms with Crippen LogP contribution in [0.1, 0.15) is 32.6 Å². The van der Waals surface area contributed by atoms with Gasteiger partial charge in [0.15, 0.2) is 5.60 Å². The summed E-state index contributed by atoms with van der Waals surface area (Å²) >= 11 is 0. The van der Waals surface area contributed by atoms with Crippen LogP contribution in [0.15, 0.2) is 12.2 Å². The molecule has 0 aromatic rings. The van der Waals surface area contributed by atoms with Crippen molar-refractivity contribution in [2.75, 3.05) is 6.54 Å². The van der Waals surface area contributed by atoms with E-state index in [0.717, 1.165) is 25.8 Å². The normalized spacial score (nSPS) is 56.5. The van der Waals surface area contributed by atoms with Gasteiger partial charge in [0.05, 0.1) is 11.0 Å². The number of piperidine rings is 1. The number of carbonyl (C=O) groups excluding carboxylic acids is 2. The van der Waals surface area contributed by atoms with E-state index in [4.69, 9.17) is 9.47 Å². The van der Waals surface area contributed by atoms with Crippen molar-refractivity contribution in [3.63, 3.8) is 0 Å². The van der Waals surface area contributed by atoms with E-state index >= 15 is 0 Å². The molecule has 0 amide bonds. The molecule has 5 heteroatoms. The summed E-state index contributed by atoms with van der Waals surface area (Å²) in [6.45, 7) is 2.90. The van der Waals surface area contributed by atoms with Crippen molar-refractivity contribution in [1.29, 1.82) is 0 Å². The largest absolute Gasteiger partial charge is 0.462 e. The molecule has 6 atom stereocenters. The van der Waals surface area contributed by atoms with E-state index in [9.17, 15) is 9.59 Å². The Morgan fingerprint density at radius 3 is 3.00 bits per heavy atom. The van der Waals surface area contributed by atoms with E-state index in [-0.39, 0.29) is 35.4 Å². The maximum Gasteiger partial charge on any atom is 0.331 e. The number of nitrogens with one attached hydrogen (secondary N) is 1. The fourth-order valence-corrected chi connectivity index (χ4v) is 6.06. The predicted molar refractivity (Wildman–Crippen MR) is 72.1 cm³/mol. The maximum absolute atomic E-state index is 12.6. The van der Waals surface area contributed by atoms with Crippen LogP contribution in [0.3, 0.4) is 0 Å². The molecule has 2 spiro atoms. The van der Waals surface area contributed by atoms with Crippen LogP contribution in [-0.2, 0) is 19.1 Å². The smallest absolute Gasteiger partial charge is 0.331 e. The van der Waals surface area contributed by atoms with Gasteiger partial charge in [-0.1, -0.05) is 0 Å². The van der Waals surface area contributed by atoms with Crippen LogP contribution in [0.25, 0.3) is 0 Å². The Morgan fingerprint density at radius 2 is 2.24 bits per heavy atom. The lowest BCUT2D eigenvalue weighted by Crippen LogP contribution is -2.72. The standard InChI is InChI=1S/C16H19NO4/c1-14-8-15-9(3-2-6-17-15)10(20-13(14)19)7-11(14)16(15)5-4-12(18)21-16/h4-5,9-11,17H,2-3,6-8H2,1H3/t9-,10-,11?,14-,15+,16-/m1/s1. The van der Waals surface area contributed by atoms with Gasteiger partial charge in [0.2, 0.25) is 0 Å². The lowest BCUT2D eigenvalue weighted by molar-refractivity contribution is -0.209. The molecule has 4 fully saturated rings. The van der Waals surface area contributed by atoms with Gasteiger partial charge in [0.1, 0.15) is 6.10 Å². The summed E-state index contributed by atoms with van der Waals surface area (Å²) in [6.07, 6.45) is 7.09. The molecular weight excluding hydrogens is 270 g/mol. The van der Waals surface area contributed by atoms with Gasteiger partial charge in [-0.3, -0.25) is 4.79 Å². The molecule has 2 saturated heterocycles. The van der Waals surface area contributed by atoms with Crippen LogP contribution in [-0.4, -0.2) is 35.7 Å². The summed E-state index contributed by atoms with van der Waals surface area (Å²) in [7, 11) is 0. The molecule has 3 aliphatic heterocycles. The van der Waals surface area contributed by atoms with Crippen LogP contribution < -0.4 is 5.32 Å². The number of ether oxygens (including phenoxy) is 2. The zero-order chi connectivity index (χ0) is 14.5. The minimum atomic E-state index is -0.653. The van der Waals surface area contributed by atoms with Gasteiger partial charge in [0.25, 0.3) is 0 Å². The lowest BCUT2D eigenvalue weighted by atomic mass is 9.58. The second-order valence-corrected chi connectivity index (χ2v) is 7.52. The first kappa shape index (κ1) is 12.2. The summed E-state index contributed by atoms with van der Waals surface area (Å²) in [5.41, 5.74) is -1.53. The molecule has 5 rings (SSSR count). The molecule has 2 aliphatic carbocycles. The minimum absolute atomic E-state index is 0.0239. The average molecular weight is 289 g/mol. The summed E-state index contributed by atoms with van der Waals surface area (Å²) in [6, 6.07) is 0. The van der Waals surface area contributed by atoms with E-state index in [1.165, 1.54) is 0 Å². The fraction of sp³-hybridized carbons (Fsp3) is 0.750. The Bertz CT molecular complexity index is 601. The third kappa shape index (κ3) is 1.10. The van der Waals surface area contributed by atoms with Crippen LogP contribution in [0.2, 0.25) is 0 Å². The van der Waals surface area contributed by atoms with E-state index in [0.29, 0.717) is 6.42 Å². The quantitative estimate of drug-likeness (QED) is 0.672. The van der Waals surface area contributed by atoms with Gasteiger partial charge in [-0.15, -0.1) is 0 Å². The number of fused-ring (bicyclic) bond motifs is 2. The molecule has 3 heterocycles. The van der Waals surface area contributed by atoms with Gasteiger partial charge >= 0.3 is 11.9 Å². The second-order valence-electron chi connectivity index (χ2n) is 7.52. The zero-order valence-corrected chi connectivity index (χ0v) is 12.1. The summed E-state index contributed by atoms with van der Waals surface area (Å²) in [5.74, 6) is -0.109. The van der Waals surface area contributed by atoms with E-state index in [1.54, 1.807) is 6.08 Å². The molecule has 0 aromatic carbocycles. The summed E-state index contributed by atoms with van der Waals surface area (Å²) in [5, 5.41) is 3.67. The Labute approximate surface area is 123 Å². The highest BCUT2D eigenvalue weighted by molar-refractivity contribution is 5.87. The monoisotopic (exact) mass is 289 g/mol. The molecule has 1 unspecified atom stereocenters. The first-order valence-electron chi connectivity index (χ1n) is 7.90. The number of esters is 2. The molecule has 3 bridgehead atoms.